The molecular weight excluding hydrogens is 254 g/mol. The molecule has 0 bridgehead atoms. The largest absolute Gasteiger partial charge is 0.497 e. The van der Waals surface area contributed by atoms with E-state index in [-0.39, 0.29) is 0 Å². The number of ether oxygens (including phenoxy) is 2. The molecule has 1 aromatic rings. The minimum absolute atomic E-state index is 0.298. The van der Waals surface area contributed by atoms with Crippen LogP contribution in [-0.2, 0) is 6.54 Å². The number of methoxy groups -OCH3 is 1. The van der Waals surface area contributed by atoms with E-state index in [1.54, 1.807) is 7.11 Å². The summed E-state index contributed by atoms with van der Waals surface area (Å²) >= 11 is 0. The molecule has 0 unspecified atom stereocenters. The Labute approximate surface area is 122 Å². The second-order valence-corrected chi connectivity index (χ2v) is 4.97. The highest BCUT2D eigenvalue weighted by molar-refractivity contribution is 5.40. The molecule has 1 rings (SSSR count). The Morgan fingerprint density at radius 3 is 2.45 bits per heavy atom. The number of benzene rings is 1. The van der Waals surface area contributed by atoms with Crippen LogP contribution in [0.2, 0.25) is 0 Å². The van der Waals surface area contributed by atoms with Gasteiger partial charge in [-0.3, -0.25) is 0 Å². The summed E-state index contributed by atoms with van der Waals surface area (Å²) in [5.74, 6) is 1.53. The first-order chi connectivity index (χ1) is 9.58. The normalized spacial score (nSPS) is 11.4. The van der Waals surface area contributed by atoms with Gasteiger partial charge in [0, 0.05) is 18.2 Å². The van der Waals surface area contributed by atoms with Crippen molar-refractivity contribution in [3.05, 3.63) is 23.8 Å². The lowest BCUT2D eigenvalue weighted by Crippen LogP contribution is -2.34. The van der Waals surface area contributed by atoms with Crippen molar-refractivity contribution in [2.75, 3.05) is 20.3 Å². The standard InChI is InChI=1S/C16H27NO3/c1-5-16(18,6-2)12-20-15-10-14(19-4)9-8-13(15)11-17-7-3/h8-10,17-18H,5-7,11-12H2,1-4H3. The first-order valence-electron chi connectivity index (χ1n) is 7.31. The van der Waals surface area contributed by atoms with Crippen molar-refractivity contribution in [1.29, 1.82) is 0 Å². The Morgan fingerprint density at radius 2 is 1.90 bits per heavy atom. The lowest BCUT2D eigenvalue weighted by atomic mass is 9.99. The van der Waals surface area contributed by atoms with Crippen molar-refractivity contribution in [3.8, 4) is 11.5 Å². The van der Waals surface area contributed by atoms with Crippen molar-refractivity contribution in [1.82, 2.24) is 5.32 Å². The molecule has 0 amide bonds. The highest BCUT2D eigenvalue weighted by Gasteiger charge is 2.23. The summed E-state index contributed by atoms with van der Waals surface area (Å²) < 4.78 is 11.1. The van der Waals surface area contributed by atoms with Gasteiger partial charge in [0.2, 0.25) is 0 Å². The lowest BCUT2D eigenvalue weighted by molar-refractivity contribution is -0.0116. The van der Waals surface area contributed by atoms with Gasteiger partial charge in [-0.15, -0.1) is 0 Å². The smallest absolute Gasteiger partial charge is 0.127 e. The van der Waals surface area contributed by atoms with Crippen LogP contribution in [0.5, 0.6) is 11.5 Å². The minimum atomic E-state index is -0.765. The predicted octanol–water partition coefficient (Wildman–Crippen LogP) is 2.73. The van der Waals surface area contributed by atoms with Crippen LogP contribution in [-0.4, -0.2) is 31.0 Å². The molecule has 0 aliphatic heterocycles. The lowest BCUT2D eigenvalue weighted by Gasteiger charge is -2.26. The molecule has 0 saturated carbocycles. The molecule has 0 saturated heterocycles. The maximum Gasteiger partial charge on any atom is 0.127 e. The fourth-order valence-electron chi connectivity index (χ4n) is 1.87. The average Bonchev–Trinajstić information content (AvgIpc) is 2.50. The zero-order chi connectivity index (χ0) is 15.0. The molecule has 0 aromatic heterocycles. The highest BCUT2D eigenvalue weighted by Crippen LogP contribution is 2.26. The number of hydrogen-bond acceptors (Lipinski definition) is 4. The van der Waals surface area contributed by atoms with Crippen LogP contribution >= 0.6 is 0 Å². The molecule has 0 spiro atoms. The minimum Gasteiger partial charge on any atom is -0.497 e. The molecule has 0 aliphatic carbocycles. The maximum absolute atomic E-state index is 10.3. The summed E-state index contributed by atoms with van der Waals surface area (Å²) in [6.07, 6.45) is 1.35. The second kappa shape index (κ2) is 8.12. The summed E-state index contributed by atoms with van der Waals surface area (Å²) in [7, 11) is 1.64. The number of nitrogens with one attached hydrogen (secondary N) is 1. The predicted molar refractivity (Wildman–Crippen MR) is 81.4 cm³/mol. The van der Waals surface area contributed by atoms with Crippen LogP contribution in [0.25, 0.3) is 0 Å². The van der Waals surface area contributed by atoms with Gasteiger partial charge in [0.1, 0.15) is 18.1 Å². The van der Waals surface area contributed by atoms with Crippen LogP contribution in [0.3, 0.4) is 0 Å². The monoisotopic (exact) mass is 281 g/mol. The van der Waals surface area contributed by atoms with Gasteiger partial charge < -0.3 is 19.9 Å². The van der Waals surface area contributed by atoms with E-state index in [1.807, 2.05) is 32.0 Å². The molecule has 0 atom stereocenters. The van der Waals surface area contributed by atoms with Crippen molar-refractivity contribution in [3.63, 3.8) is 0 Å². The quantitative estimate of drug-likeness (QED) is 0.731. The van der Waals surface area contributed by atoms with Crippen molar-refractivity contribution >= 4 is 0 Å². The van der Waals surface area contributed by atoms with Gasteiger partial charge in [-0.2, -0.15) is 0 Å². The zero-order valence-corrected chi connectivity index (χ0v) is 13.0. The third kappa shape index (κ3) is 4.69. The molecule has 0 heterocycles. The summed E-state index contributed by atoms with van der Waals surface area (Å²) in [6, 6.07) is 5.79. The fraction of sp³-hybridized carbons (Fsp3) is 0.625. The summed E-state index contributed by atoms with van der Waals surface area (Å²) in [5, 5.41) is 13.6. The van der Waals surface area contributed by atoms with Crippen LogP contribution in [0, 0.1) is 0 Å². The highest BCUT2D eigenvalue weighted by atomic mass is 16.5. The first-order valence-corrected chi connectivity index (χ1v) is 7.31. The van der Waals surface area contributed by atoms with Crippen molar-refractivity contribution in [2.24, 2.45) is 0 Å². The van der Waals surface area contributed by atoms with Crippen LogP contribution in [0.4, 0.5) is 0 Å². The number of hydrogen-bond donors (Lipinski definition) is 2. The van der Waals surface area contributed by atoms with E-state index in [0.717, 1.165) is 30.2 Å². The number of rotatable bonds is 9. The van der Waals surface area contributed by atoms with E-state index >= 15 is 0 Å². The average molecular weight is 281 g/mol. The van der Waals surface area contributed by atoms with E-state index in [9.17, 15) is 5.11 Å². The first kappa shape index (κ1) is 16.8. The molecule has 4 nitrogen and oxygen atoms in total. The van der Waals surface area contributed by atoms with E-state index in [2.05, 4.69) is 12.2 Å². The third-order valence-electron chi connectivity index (χ3n) is 3.65. The Hall–Kier alpha value is -1.26. The summed E-state index contributed by atoms with van der Waals surface area (Å²) in [4.78, 5) is 0. The van der Waals surface area contributed by atoms with Gasteiger partial charge in [0.25, 0.3) is 0 Å². The molecule has 20 heavy (non-hydrogen) atoms. The third-order valence-corrected chi connectivity index (χ3v) is 3.65. The van der Waals surface area contributed by atoms with Crippen LogP contribution < -0.4 is 14.8 Å². The van der Waals surface area contributed by atoms with Gasteiger partial charge in [0.05, 0.1) is 12.7 Å². The van der Waals surface area contributed by atoms with Gasteiger partial charge >= 0.3 is 0 Å². The molecule has 1 aromatic carbocycles. The summed E-state index contributed by atoms with van der Waals surface area (Å²) in [5.41, 5.74) is 0.306. The molecule has 0 aliphatic rings. The Balaban J connectivity index is 2.84. The molecule has 0 radical (unpaired) electrons. The van der Waals surface area contributed by atoms with Crippen LogP contribution in [0.15, 0.2) is 18.2 Å². The molecule has 0 fully saturated rings. The van der Waals surface area contributed by atoms with Crippen LogP contribution in [0.1, 0.15) is 39.2 Å². The topological polar surface area (TPSA) is 50.7 Å². The molecular formula is C16H27NO3. The Kier molecular flexibility index (Phi) is 6.82. The van der Waals surface area contributed by atoms with Crippen molar-refractivity contribution in [2.45, 2.75) is 45.8 Å². The molecule has 4 heteroatoms. The van der Waals surface area contributed by atoms with E-state index in [0.29, 0.717) is 19.4 Å². The SMILES string of the molecule is CCNCc1ccc(OC)cc1OCC(O)(CC)CC. The number of aliphatic hydroxyl groups is 1. The Bertz CT molecular complexity index is 403. The van der Waals surface area contributed by atoms with E-state index < -0.39 is 5.60 Å². The van der Waals surface area contributed by atoms with Gasteiger partial charge in [-0.1, -0.05) is 26.8 Å². The van der Waals surface area contributed by atoms with Gasteiger partial charge in [0.15, 0.2) is 0 Å². The fourth-order valence-corrected chi connectivity index (χ4v) is 1.87. The molecule has 114 valence electrons. The zero-order valence-electron chi connectivity index (χ0n) is 13.0. The van der Waals surface area contributed by atoms with E-state index in [4.69, 9.17) is 9.47 Å². The summed E-state index contributed by atoms with van der Waals surface area (Å²) in [6.45, 7) is 7.95. The molecule has 2 N–H and O–H groups in total. The Morgan fingerprint density at radius 1 is 1.20 bits per heavy atom. The second-order valence-electron chi connectivity index (χ2n) is 4.97. The van der Waals surface area contributed by atoms with Gasteiger partial charge in [-0.25, -0.2) is 0 Å². The van der Waals surface area contributed by atoms with E-state index in [1.165, 1.54) is 0 Å². The maximum atomic E-state index is 10.3. The van der Waals surface area contributed by atoms with Gasteiger partial charge in [-0.05, 0) is 25.5 Å². The van der Waals surface area contributed by atoms with Crippen molar-refractivity contribution < 1.29 is 14.6 Å².